The van der Waals surface area contributed by atoms with Crippen molar-refractivity contribution in [3.63, 3.8) is 0 Å². The number of fused-ring (bicyclic) bond motifs is 1. The van der Waals surface area contributed by atoms with Crippen molar-refractivity contribution in [1.29, 1.82) is 0 Å². The van der Waals surface area contributed by atoms with Gasteiger partial charge < -0.3 is 4.57 Å². The molecule has 0 spiro atoms. The normalized spacial score (nSPS) is 10.9. The molecule has 2 heterocycles. The molecule has 0 aliphatic rings. The first kappa shape index (κ1) is 7.28. The Bertz CT molecular complexity index is 429. The fourth-order valence-electron chi connectivity index (χ4n) is 1.52. The van der Waals surface area contributed by atoms with Gasteiger partial charge in [-0.25, -0.2) is 0 Å². The number of aromatic nitrogens is 3. The molecule has 0 unspecified atom stereocenters. The highest BCUT2D eigenvalue weighted by molar-refractivity contribution is 5.83. The van der Waals surface area contributed by atoms with Crippen molar-refractivity contribution < 1.29 is 0 Å². The largest absolute Gasteiger partial charge is 0.349 e. The maximum absolute atomic E-state index is 4.07. The van der Waals surface area contributed by atoms with Crippen LogP contribution in [0.15, 0.2) is 12.3 Å². The minimum Gasteiger partial charge on any atom is -0.349 e. The predicted molar refractivity (Wildman–Crippen MR) is 48.0 cm³/mol. The zero-order chi connectivity index (χ0) is 8.72. The van der Waals surface area contributed by atoms with Crippen LogP contribution in [0, 0.1) is 13.8 Å². The van der Waals surface area contributed by atoms with Gasteiger partial charge in [0.1, 0.15) is 0 Å². The van der Waals surface area contributed by atoms with Gasteiger partial charge in [-0.15, -0.1) is 0 Å². The summed E-state index contributed by atoms with van der Waals surface area (Å²) in [6, 6.07) is 2.08. The van der Waals surface area contributed by atoms with Gasteiger partial charge in [0.15, 0.2) is 0 Å². The number of hydrogen-bond acceptors (Lipinski definition) is 2. The van der Waals surface area contributed by atoms with Gasteiger partial charge in [-0.05, 0) is 19.9 Å². The number of hydrogen-bond donors (Lipinski definition) is 0. The standard InChI is InChI=1S/C9H11N3/c1-6-8-4-5-12(3)9(8)7(2)11-10-6/h4-5H,1-3H3. The molecule has 2 rings (SSSR count). The summed E-state index contributed by atoms with van der Waals surface area (Å²) in [6.45, 7) is 3.96. The Morgan fingerprint density at radius 3 is 2.50 bits per heavy atom. The van der Waals surface area contributed by atoms with Crippen LogP contribution in [0.25, 0.3) is 10.9 Å². The molecule has 0 aliphatic carbocycles. The van der Waals surface area contributed by atoms with E-state index in [4.69, 9.17) is 0 Å². The Kier molecular flexibility index (Phi) is 1.40. The number of aryl methyl sites for hydroxylation is 3. The topological polar surface area (TPSA) is 30.7 Å². The third-order valence-corrected chi connectivity index (χ3v) is 2.16. The zero-order valence-corrected chi connectivity index (χ0v) is 7.50. The molecule has 0 aromatic carbocycles. The molecule has 62 valence electrons. The third-order valence-electron chi connectivity index (χ3n) is 2.16. The van der Waals surface area contributed by atoms with Crippen molar-refractivity contribution in [2.24, 2.45) is 7.05 Å². The van der Waals surface area contributed by atoms with Crippen LogP contribution in [-0.4, -0.2) is 14.8 Å². The van der Waals surface area contributed by atoms with E-state index in [0.29, 0.717) is 0 Å². The van der Waals surface area contributed by atoms with E-state index in [2.05, 4.69) is 20.8 Å². The summed E-state index contributed by atoms with van der Waals surface area (Å²) < 4.78 is 2.08. The van der Waals surface area contributed by atoms with Gasteiger partial charge in [0.25, 0.3) is 0 Å². The molecule has 0 bridgehead atoms. The van der Waals surface area contributed by atoms with Gasteiger partial charge in [0.05, 0.1) is 16.9 Å². The van der Waals surface area contributed by atoms with Gasteiger partial charge in [0, 0.05) is 18.6 Å². The van der Waals surface area contributed by atoms with Crippen LogP contribution >= 0.6 is 0 Å². The van der Waals surface area contributed by atoms with Gasteiger partial charge in [0.2, 0.25) is 0 Å². The summed E-state index contributed by atoms with van der Waals surface area (Å²) in [7, 11) is 2.02. The number of nitrogens with zero attached hydrogens (tertiary/aromatic N) is 3. The lowest BCUT2D eigenvalue weighted by Gasteiger charge is -2.00. The lowest BCUT2D eigenvalue weighted by molar-refractivity contribution is 0.918. The molecule has 0 radical (unpaired) electrons. The molecule has 0 aliphatic heterocycles. The maximum atomic E-state index is 4.07. The molecule has 0 saturated heterocycles. The van der Waals surface area contributed by atoms with Crippen LogP contribution in [0.5, 0.6) is 0 Å². The molecular formula is C9H11N3. The monoisotopic (exact) mass is 161 g/mol. The quantitative estimate of drug-likeness (QED) is 0.587. The van der Waals surface area contributed by atoms with Gasteiger partial charge in [-0.3, -0.25) is 0 Å². The summed E-state index contributed by atoms with van der Waals surface area (Å²) in [6.07, 6.45) is 2.04. The SMILES string of the molecule is Cc1nnc(C)c2c1ccn2C. The van der Waals surface area contributed by atoms with Crippen LogP contribution < -0.4 is 0 Å². The summed E-state index contributed by atoms with van der Waals surface area (Å²) in [5.41, 5.74) is 3.17. The lowest BCUT2D eigenvalue weighted by atomic mass is 10.2. The molecule has 0 N–H and O–H groups in total. The van der Waals surface area contributed by atoms with E-state index in [0.717, 1.165) is 11.4 Å². The minimum atomic E-state index is 0.989. The van der Waals surface area contributed by atoms with E-state index in [1.807, 2.05) is 27.1 Å². The first-order valence-corrected chi connectivity index (χ1v) is 3.95. The zero-order valence-electron chi connectivity index (χ0n) is 7.50. The molecule has 0 amide bonds. The Morgan fingerprint density at radius 2 is 1.83 bits per heavy atom. The molecule has 0 fully saturated rings. The molecule has 3 heteroatoms. The van der Waals surface area contributed by atoms with Crippen LogP contribution in [-0.2, 0) is 7.05 Å². The molecule has 0 saturated carbocycles. The maximum Gasteiger partial charge on any atom is 0.0842 e. The minimum absolute atomic E-state index is 0.989. The second-order valence-corrected chi connectivity index (χ2v) is 3.06. The van der Waals surface area contributed by atoms with Crippen molar-refractivity contribution in [3.05, 3.63) is 23.7 Å². The van der Waals surface area contributed by atoms with Crippen molar-refractivity contribution >= 4 is 10.9 Å². The van der Waals surface area contributed by atoms with Crippen LogP contribution in [0.2, 0.25) is 0 Å². The molecule has 0 atom stereocenters. The first-order valence-electron chi connectivity index (χ1n) is 3.95. The third kappa shape index (κ3) is 0.826. The predicted octanol–water partition coefficient (Wildman–Crippen LogP) is 1.59. The highest BCUT2D eigenvalue weighted by atomic mass is 15.1. The van der Waals surface area contributed by atoms with Crippen molar-refractivity contribution in [1.82, 2.24) is 14.8 Å². The van der Waals surface area contributed by atoms with E-state index in [1.165, 1.54) is 10.9 Å². The Hall–Kier alpha value is -1.38. The smallest absolute Gasteiger partial charge is 0.0842 e. The van der Waals surface area contributed by atoms with Crippen LogP contribution in [0.3, 0.4) is 0 Å². The second kappa shape index (κ2) is 2.30. The van der Waals surface area contributed by atoms with Crippen molar-refractivity contribution in [2.45, 2.75) is 13.8 Å². The highest BCUT2D eigenvalue weighted by Crippen LogP contribution is 2.18. The van der Waals surface area contributed by atoms with E-state index in [-0.39, 0.29) is 0 Å². The van der Waals surface area contributed by atoms with E-state index in [9.17, 15) is 0 Å². The summed E-state index contributed by atoms with van der Waals surface area (Å²) in [5, 5.41) is 9.32. The van der Waals surface area contributed by atoms with Crippen LogP contribution in [0.1, 0.15) is 11.4 Å². The van der Waals surface area contributed by atoms with E-state index in [1.54, 1.807) is 0 Å². The Morgan fingerprint density at radius 1 is 1.17 bits per heavy atom. The second-order valence-electron chi connectivity index (χ2n) is 3.06. The van der Waals surface area contributed by atoms with E-state index < -0.39 is 0 Å². The number of rotatable bonds is 0. The van der Waals surface area contributed by atoms with E-state index >= 15 is 0 Å². The molecule has 2 aromatic heterocycles. The van der Waals surface area contributed by atoms with Gasteiger partial charge in [-0.2, -0.15) is 10.2 Å². The Labute approximate surface area is 71.0 Å². The summed E-state index contributed by atoms with van der Waals surface area (Å²) in [5.74, 6) is 0. The average molecular weight is 161 g/mol. The highest BCUT2D eigenvalue weighted by Gasteiger charge is 2.05. The molecular weight excluding hydrogens is 150 g/mol. The van der Waals surface area contributed by atoms with Crippen LogP contribution in [0.4, 0.5) is 0 Å². The van der Waals surface area contributed by atoms with Gasteiger partial charge >= 0.3 is 0 Å². The van der Waals surface area contributed by atoms with Crippen molar-refractivity contribution in [2.75, 3.05) is 0 Å². The van der Waals surface area contributed by atoms with Gasteiger partial charge in [-0.1, -0.05) is 0 Å². The Balaban J connectivity index is 2.98. The molecule has 12 heavy (non-hydrogen) atoms. The first-order chi connectivity index (χ1) is 5.70. The summed E-state index contributed by atoms with van der Waals surface area (Å²) >= 11 is 0. The lowest BCUT2D eigenvalue weighted by Crippen LogP contribution is -1.95. The fourth-order valence-corrected chi connectivity index (χ4v) is 1.52. The fraction of sp³-hybridized carbons (Fsp3) is 0.333. The van der Waals surface area contributed by atoms with Crippen molar-refractivity contribution in [3.8, 4) is 0 Å². The molecule has 2 aromatic rings. The molecule has 3 nitrogen and oxygen atoms in total. The average Bonchev–Trinajstić information content (AvgIpc) is 2.42. The summed E-state index contributed by atoms with van der Waals surface area (Å²) in [4.78, 5) is 0.